The maximum Gasteiger partial charge on any atom is 0.251 e. The molecule has 8 nitrogen and oxygen atoms in total. The van der Waals surface area contributed by atoms with Crippen LogP contribution in [0.1, 0.15) is 46.8 Å². The molecular formula is C24H32N4O4. The molecule has 32 heavy (non-hydrogen) atoms. The number of nitrogens with one attached hydrogen (secondary N) is 1. The molecule has 0 radical (unpaired) electrons. The minimum Gasteiger partial charge on any atom is -0.361 e. The summed E-state index contributed by atoms with van der Waals surface area (Å²) in [7, 11) is 0. The molecule has 3 amide bonds. The molecule has 1 aromatic carbocycles. The van der Waals surface area contributed by atoms with Crippen LogP contribution in [0.3, 0.4) is 0 Å². The van der Waals surface area contributed by atoms with Crippen molar-refractivity contribution >= 4 is 17.7 Å². The Morgan fingerprint density at radius 2 is 1.59 bits per heavy atom. The quantitative estimate of drug-likeness (QED) is 0.743. The van der Waals surface area contributed by atoms with Gasteiger partial charge in [0.25, 0.3) is 5.91 Å². The van der Waals surface area contributed by atoms with Crippen LogP contribution in [0, 0.1) is 26.7 Å². The summed E-state index contributed by atoms with van der Waals surface area (Å²) in [6.45, 7) is 11.2. The first kappa shape index (κ1) is 23.5. The van der Waals surface area contributed by atoms with Crippen LogP contribution < -0.4 is 5.32 Å². The van der Waals surface area contributed by atoms with Crippen molar-refractivity contribution < 1.29 is 18.9 Å². The van der Waals surface area contributed by atoms with E-state index in [4.69, 9.17) is 4.52 Å². The number of amides is 3. The maximum absolute atomic E-state index is 13.2. The summed E-state index contributed by atoms with van der Waals surface area (Å²) in [5.41, 5.74) is 3.16. The molecule has 172 valence electrons. The Kier molecular flexibility index (Phi) is 7.33. The molecule has 1 fully saturated rings. The zero-order valence-electron chi connectivity index (χ0n) is 19.5. The Labute approximate surface area is 188 Å². The smallest absolute Gasteiger partial charge is 0.251 e. The number of carbonyl (C=O) groups is 3. The van der Waals surface area contributed by atoms with Gasteiger partial charge in [0.15, 0.2) is 0 Å². The number of nitrogens with zero attached hydrogens (tertiary/aromatic N) is 3. The molecule has 0 saturated carbocycles. The van der Waals surface area contributed by atoms with E-state index >= 15 is 0 Å². The highest BCUT2D eigenvalue weighted by atomic mass is 16.5. The highest BCUT2D eigenvalue weighted by Gasteiger charge is 2.32. The average Bonchev–Trinajstić information content (AvgIpc) is 3.09. The lowest BCUT2D eigenvalue weighted by molar-refractivity contribution is -0.141. The standard InChI is InChI=1S/C24H32N4O4/c1-15(2)22(25-23(30)19-8-6-16(3)7-9-19)24(31)28-12-10-27(11-13-28)21(29)14-20-17(4)26-32-18(20)5/h6-9,15,22H,10-14H2,1-5H3,(H,25,30). The summed E-state index contributed by atoms with van der Waals surface area (Å²) in [5, 5.41) is 6.80. The zero-order valence-corrected chi connectivity index (χ0v) is 19.5. The Bertz CT molecular complexity index is 953. The fraction of sp³-hybridized carbons (Fsp3) is 0.500. The second kappa shape index (κ2) is 9.97. The van der Waals surface area contributed by atoms with E-state index in [1.165, 1.54) is 0 Å². The third kappa shape index (κ3) is 5.36. The molecular weight excluding hydrogens is 408 g/mol. The molecule has 1 unspecified atom stereocenters. The number of piperazine rings is 1. The molecule has 0 aliphatic carbocycles. The average molecular weight is 441 g/mol. The van der Waals surface area contributed by atoms with E-state index in [0.717, 1.165) is 16.8 Å². The monoisotopic (exact) mass is 440 g/mol. The van der Waals surface area contributed by atoms with E-state index in [2.05, 4.69) is 10.5 Å². The summed E-state index contributed by atoms with van der Waals surface area (Å²) in [5.74, 6) is 0.230. The van der Waals surface area contributed by atoms with Gasteiger partial charge >= 0.3 is 0 Å². The van der Waals surface area contributed by atoms with Gasteiger partial charge in [-0.2, -0.15) is 0 Å². The molecule has 2 heterocycles. The van der Waals surface area contributed by atoms with Gasteiger partial charge in [0.2, 0.25) is 11.8 Å². The Morgan fingerprint density at radius 1 is 1.00 bits per heavy atom. The lowest BCUT2D eigenvalue weighted by Crippen LogP contribution is -2.57. The van der Waals surface area contributed by atoms with Crippen LogP contribution in [0.5, 0.6) is 0 Å². The first-order chi connectivity index (χ1) is 15.2. The number of hydrogen-bond acceptors (Lipinski definition) is 5. The highest BCUT2D eigenvalue weighted by molar-refractivity contribution is 5.97. The summed E-state index contributed by atoms with van der Waals surface area (Å²) in [4.78, 5) is 42.0. The molecule has 1 saturated heterocycles. The van der Waals surface area contributed by atoms with Crippen molar-refractivity contribution in [1.29, 1.82) is 0 Å². The van der Waals surface area contributed by atoms with E-state index in [-0.39, 0.29) is 30.1 Å². The fourth-order valence-corrected chi connectivity index (χ4v) is 3.83. The van der Waals surface area contributed by atoms with Crippen molar-refractivity contribution in [3.8, 4) is 0 Å². The highest BCUT2D eigenvalue weighted by Crippen LogP contribution is 2.16. The summed E-state index contributed by atoms with van der Waals surface area (Å²) >= 11 is 0. The number of rotatable bonds is 6. The predicted molar refractivity (Wildman–Crippen MR) is 120 cm³/mol. The second-order valence-electron chi connectivity index (χ2n) is 8.75. The molecule has 3 rings (SSSR count). The molecule has 0 bridgehead atoms. The number of hydrogen-bond donors (Lipinski definition) is 1. The zero-order chi connectivity index (χ0) is 23.4. The minimum absolute atomic E-state index is 0.000387. The van der Waals surface area contributed by atoms with Gasteiger partial charge in [-0.15, -0.1) is 0 Å². The van der Waals surface area contributed by atoms with Crippen LogP contribution >= 0.6 is 0 Å². The Balaban J connectivity index is 1.58. The molecule has 1 aliphatic heterocycles. The molecule has 1 N–H and O–H groups in total. The van der Waals surface area contributed by atoms with Crippen molar-refractivity contribution in [3.63, 3.8) is 0 Å². The van der Waals surface area contributed by atoms with Crippen molar-refractivity contribution in [1.82, 2.24) is 20.3 Å². The number of carbonyl (C=O) groups excluding carboxylic acids is 3. The van der Waals surface area contributed by atoms with Gasteiger partial charge in [-0.3, -0.25) is 14.4 Å². The Morgan fingerprint density at radius 3 is 2.12 bits per heavy atom. The van der Waals surface area contributed by atoms with Gasteiger partial charge in [-0.1, -0.05) is 36.7 Å². The SMILES string of the molecule is Cc1ccc(C(=O)NC(C(=O)N2CCN(C(=O)Cc3c(C)noc3C)CC2)C(C)C)cc1. The van der Waals surface area contributed by atoms with Gasteiger partial charge in [0.1, 0.15) is 11.8 Å². The molecule has 1 aliphatic rings. The van der Waals surface area contributed by atoms with Crippen LogP contribution in [0.15, 0.2) is 28.8 Å². The van der Waals surface area contributed by atoms with Crippen molar-refractivity contribution in [2.75, 3.05) is 26.2 Å². The first-order valence-corrected chi connectivity index (χ1v) is 11.0. The van der Waals surface area contributed by atoms with E-state index in [0.29, 0.717) is 37.5 Å². The summed E-state index contributed by atoms with van der Waals surface area (Å²) < 4.78 is 5.14. The minimum atomic E-state index is -0.617. The third-order valence-electron chi connectivity index (χ3n) is 5.99. The van der Waals surface area contributed by atoms with E-state index in [1.807, 2.05) is 39.8 Å². The fourth-order valence-electron chi connectivity index (χ4n) is 3.83. The van der Waals surface area contributed by atoms with Crippen LogP contribution in [0.2, 0.25) is 0 Å². The number of aromatic nitrogens is 1. The number of benzene rings is 1. The summed E-state index contributed by atoms with van der Waals surface area (Å²) in [6, 6.07) is 6.65. The molecule has 1 aromatic heterocycles. The predicted octanol–water partition coefficient (Wildman–Crippen LogP) is 2.27. The lowest BCUT2D eigenvalue weighted by Gasteiger charge is -2.37. The van der Waals surface area contributed by atoms with Crippen molar-refractivity contribution in [2.45, 2.75) is 47.1 Å². The van der Waals surface area contributed by atoms with E-state index < -0.39 is 6.04 Å². The van der Waals surface area contributed by atoms with E-state index in [1.54, 1.807) is 28.9 Å². The molecule has 0 spiro atoms. The van der Waals surface area contributed by atoms with Crippen LogP contribution in [-0.4, -0.2) is 64.9 Å². The van der Waals surface area contributed by atoms with Gasteiger partial charge in [0.05, 0.1) is 12.1 Å². The topological polar surface area (TPSA) is 95.8 Å². The summed E-state index contributed by atoms with van der Waals surface area (Å²) in [6.07, 6.45) is 0.246. The third-order valence-corrected chi connectivity index (χ3v) is 5.99. The largest absolute Gasteiger partial charge is 0.361 e. The molecule has 8 heteroatoms. The van der Waals surface area contributed by atoms with Crippen LogP contribution in [0.25, 0.3) is 0 Å². The van der Waals surface area contributed by atoms with Gasteiger partial charge in [-0.05, 0) is 38.8 Å². The van der Waals surface area contributed by atoms with E-state index in [9.17, 15) is 14.4 Å². The maximum atomic E-state index is 13.2. The van der Waals surface area contributed by atoms with Crippen molar-refractivity contribution in [3.05, 3.63) is 52.4 Å². The van der Waals surface area contributed by atoms with Gasteiger partial charge < -0.3 is 19.6 Å². The van der Waals surface area contributed by atoms with Crippen LogP contribution in [-0.2, 0) is 16.0 Å². The number of aryl methyl sites for hydroxylation is 3. The first-order valence-electron chi connectivity index (χ1n) is 11.0. The Hall–Kier alpha value is -3.16. The lowest BCUT2D eigenvalue weighted by atomic mass is 10.0. The molecule has 2 aromatic rings. The van der Waals surface area contributed by atoms with Crippen LogP contribution in [0.4, 0.5) is 0 Å². The normalized spacial score (nSPS) is 15.1. The van der Waals surface area contributed by atoms with Gasteiger partial charge in [0, 0.05) is 37.3 Å². The second-order valence-corrected chi connectivity index (χ2v) is 8.75. The molecule has 1 atom stereocenters. The van der Waals surface area contributed by atoms with Gasteiger partial charge in [-0.25, -0.2) is 0 Å². The van der Waals surface area contributed by atoms with Crippen molar-refractivity contribution in [2.24, 2.45) is 5.92 Å².